The van der Waals surface area contributed by atoms with Crippen LogP contribution in [-0.2, 0) is 18.6 Å². The Morgan fingerprint density at radius 3 is 2.47 bits per heavy atom. The third-order valence-corrected chi connectivity index (χ3v) is 3.43. The highest BCUT2D eigenvalue weighted by molar-refractivity contribution is 7.39. The van der Waals surface area contributed by atoms with Crippen LogP contribution in [0, 0.1) is 0 Å². The van der Waals surface area contributed by atoms with Gasteiger partial charge < -0.3 is 9.22 Å². The molecule has 0 aromatic heterocycles. The van der Waals surface area contributed by atoms with E-state index in [2.05, 4.69) is 21.1 Å². The maximum absolute atomic E-state index is 11.5. The van der Waals surface area contributed by atoms with Crippen LogP contribution < -0.4 is 0 Å². The first-order chi connectivity index (χ1) is 8.85. The predicted octanol–water partition coefficient (Wildman–Crippen LogP) is 2.35. The third kappa shape index (κ3) is 13.5. The second-order valence-electron chi connectivity index (χ2n) is 5.28. The van der Waals surface area contributed by atoms with Crippen LogP contribution in [0.5, 0.6) is 0 Å². The van der Waals surface area contributed by atoms with Gasteiger partial charge in [-0.1, -0.05) is 6.08 Å². The van der Waals surface area contributed by atoms with E-state index in [0.29, 0.717) is 25.8 Å². The van der Waals surface area contributed by atoms with Crippen molar-refractivity contribution >= 4 is 14.0 Å². The average molecular weight is 291 g/mol. The summed E-state index contributed by atoms with van der Waals surface area (Å²) in [6.45, 7) is 3.47. The van der Waals surface area contributed by atoms with Crippen LogP contribution in [-0.4, -0.2) is 57.5 Å². The number of allylic oxidation sites excluding steroid dienone is 1. The molecule has 0 fully saturated rings. The Hall–Kier alpha value is -0.770. The lowest BCUT2D eigenvalue weighted by molar-refractivity contribution is -0.870. The number of hydrogen-bond donors (Lipinski definition) is 0. The van der Waals surface area contributed by atoms with Crippen LogP contribution in [0.2, 0.25) is 0 Å². The van der Waals surface area contributed by atoms with Crippen molar-refractivity contribution in [1.29, 1.82) is 0 Å². The largest absolute Gasteiger partial charge is 0.508 e. The van der Waals surface area contributed by atoms with Crippen LogP contribution in [0.4, 0.5) is 0 Å². The zero-order valence-electron chi connectivity index (χ0n) is 12.4. The molecule has 0 aromatic carbocycles. The summed E-state index contributed by atoms with van der Waals surface area (Å²) in [5.74, 6) is -0.328. The van der Waals surface area contributed by atoms with E-state index in [1.165, 1.54) is 6.08 Å². The Labute approximate surface area is 117 Å². The van der Waals surface area contributed by atoms with E-state index < -0.39 is 8.03 Å². The van der Waals surface area contributed by atoms with Gasteiger partial charge in [0.2, 0.25) is 0 Å². The minimum atomic E-state index is -1.59. The fourth-order valence-electron chi connectivity index (χ4n) is 1.18. The SMILES string of the molecule is CC=CC(=O)OCCCC[P+](=O)OCC[N+](C)(C)C. The normalized spacial score (nSPS) is 12.7. The number of quaternary nitrogens is 1. The van der Waals surface area contributed by atoms with E-state index in [-0.39, 0.29) is 5.97 Å². The second-order valence-corrected chi connectivity index (χ2v) is 6.65. The summed E-state index contributed by atoms with van der Waals surface area (Å²) in [4.78, 5) is 11.0. The van der Waals surface area contributed by atoms with Gasteiger partial charge in [-0.05, 0) is 24.3 Å². The van der Waals surface area contributed by atoms with Crippen molar-refractivity contribution in [1.82, 2.24) is 0 Å². The molecule has 0 N–H and O–H groups in total. The highest BCUT2D eigenvalue weighted by atomic mass is 31.1. The number of esters is 1. The molecule has 1 unspecified atom stereocenters. The zero-order chi connectivity index (χ0) is 14.7. The summed E-state index contributed by atoms with van der Waals surface area (Å²) < 4.78 is 22.5. The highest BCUT2D eigenvalue weighted by Gasteiger charge is 2.18. The summed E-state index contributed by atoms with van der Waals surface area (Å²) >= 11 is 0. The lowest BCUT2D eigenvalue weighted by Gasteiger charge is -2.21. The number of unbranched alkanes of at least 4 members (excludes halogenated alkanes) is 1. The maximum atomic E-state index is 11.5. The number of hydrogen-bond acceptors (Lipinski definition) is 4. The molecule has 0 aliphatic carbocycles. The quantitative estimate of drug-likeness (QED) is 0.204. The molecule has 0 spiro atoms. The van der Waals surface area contributed by atoms with Crippen molar-refractivity contribution < 1.29 is 23.1 Å². The molecular formula is C13H26NO4P+2. The predicted molar refractivity (Wildman–Crippen MR) is 76.3 cm³/mol. The van der Waals surface area contributed by atoms with Crippen LogP contribution in [0.15, 0.2) is 12.2 Å². The van der Waals surface area contributed by atoms with E-state index >= 15 is 0 Å². The molecule has 6 heteroatoms. The summed E-state index contributed by atoms with van der Waals surface area (Å²) in [5, 5.41) is 0. The Balaban J connectivity index is 3.46. The number of rotatable bonds is 10. The minimum absolute atomic E-state index is 0.328. The average Bonchev–Trinajstić information content (AvgIpc) is 2.27. The molecule has 0 aromatic rings. The standard InChI is InChI=1S/C13H26NO4P/c1-5-8-13(15)17-10-6-7-12-19(16)18-11-9-14(2,3)4/h5,8H,6-7,9-12H2,1-4H3/q+2. The fourth-order valence-corrected chi connectivity index (χ4v) is 2.08. The van der Waals surface area contributed by atoms with Crippen molar-refractivity contribution in [2.75, 3.05) is 47.1 Å². The number of carbonyl (C=O) groups excluding carboxylic acids is 1. The van der Waals surface area contributed by atoms with Crippen LogP contribution in [0.25, 0.3) is 0 Å². The molecule has 0 bridgehead atoms. The van der Waals surface area contributed by atoms with Gasteiger partial charge in [-0.15, -0.1) is 4.52 Å². The Kier molecular flexibility index (Phi) is 9.66. The zero-order valence-corrected chi connectivity index (χ0v) is 13.3. The van der Waals surface area contributed by atoms with E-state index in [1.54, 1.807) is 13.0 Å². The highest BCUT2D eigenvalue weighted by Crippen LogP contribution is 2.23. The van der Waals surface area contributed by atoms with E-state index in [0.717, 1.165) is 17.4 Å². The summed E-state index contributed by atoms with van der Waals surface area (Å²) in [5.41, 5.74) is 0. The molecule has 0 saturated heterocycles. The molecule has 19 heavy (non-hydrogen) atoms. The first-order valence-corrected chi connectivity index (χ1v) is 7.89. The van der Waals surface area contributed by atoms with Gasteiger partial charge in [0.25, 0.3) is 0 Å². The maximum Gasteiger partial charge on any atom is 0.508 e. The van der Waals surface area contributed by atoms with E-state index in [1.807, 2.05) is 0 Å². The molecule has 0 aliphatic heterocycles. The number of ether oxygens (including phenoxy) is 1. The van der Waals surface area contributed by atoms with Gasteiger partial charge in [0, 0.05) is 6.08 Å². The van der Waals surface area contributed by atoms with Gasteiger partial charge in [-0.3, -0.25) is 0 Å². The van der Waals surface area contributed by atoms with Gasteiger partial charge in [0.1, 0.15) is 6.54 Å². The minimum Gasteiger partial charge on any atom is -0.463 e. The molecule has 0 heterocycles. The molecular weight excluding hydrogens is 265 g/mol. The molecule has 0 radical (unpaired) electrons. The van der Waals surface area contributed by atoms with Crippen molar-refractivity contribution in [3.63, 3.8) is 0 Å². The van der Waals surface area contributed by atoms with Crippen LogP contribution in [0.3, 0.4) is 0 Å². The molecule has 1 atom stereocenters. The van der Waals surface area contributed by atoms with Crippen molar-refractivity contribution in [3.05, 3.63) is 12.2 Å². The smallest absolute Gasteiger partial charge is 0.463 e. The molecule has 0 aliphatic rings. The number of likely N-dealkylation sites (N-methyl/N-ethyl adjacent to an activating group) is 1. The molecule has 0 saturated carbocycles. The van der Waals surface area contributed by atoms with Crippen molar-refractivity contribution in [2.24, 2.45) is 0 Å². The summed E-state index contributed by atoms with van der Waals surface area (Å²) in [7, 11) is 4.61. The van der Waals surface area contributed by atoms with Crippen molar-refractivity contribution in [2.45, 2.75) is 19.8 Å². The lowest BCUT2D eigenvalue weighted by Crippen LogP contribution is -2.37. The van der Waals surface area contributed by atoms with Crippen LogP contribution >= 0.6 is 8.03 Å². The molecule has 110 valence electrons. The third-order valence-electron chi connectivity index (χ3n) is 2.28. The first-order valence-electron chi connectivity index (χ1n) is 6.52. The van der Waals surface area contributed by atoms with Crippen LogP contribution in [0.1, 0.15) is 19.8 Å². The molecule has 0 amide bonds. The number of nitrogens with zero attached hydrogens (tertiary/aromatic N) is 1. The van der Waals surface area contributed by atoms with E-state index in [4.69, 9.17) is 9.26 Å². The van der Waals surface area contributed by atoms with Crippen molar-refractivity contribution in [3.8, 4) is 0 Å². The molecule has 5 nitrogen and oxygen atoms in total. The van der Waals surface area contributed by atoms with Gasteiger partial charge in [0.05, 0.1) is 27.7 Å². The number of carbonyl (C=O) groups is 1. The van der Waals surface area contributed by atoms with Gasteiger partial charge in [0.15, 0.2) is 12.8 Å². The van der Waals surface area contributed by atoms with Gasteiger partial charge >= 0.3 is 14.0 Å². The second kappa shape index (κ2) is 10.1. The monoisotopic (exact) mass is 291 g/mol. The summed E-state index contributed by atoms with van der Waals surface area (Å²) in [6.07, 6.45) is 4.99. The van der Waals surface area contributed by atoms with Gasteiger partial charge in [-0.25, -0.2) is 4.79 Å². The Bertz CT molecular complexity index is 310. The van der Waals surface area contributed by atoms with Gasteiger partial charge in [-0.2, -0.15) is 0 Å². The lowest BCUT2D eigenvalue weighted by atomic mass is 10.4. The Morgan fingerprint density at radius 2 is 1.89 bits per heavy atom. The summed E-state index contributed by atoms with van der Waals surface area (Å²) in [6, 6.07) is 0. The fraction of sp³-hybridized carbons (Fsp3) is 0.769. The Morgan fingerprint density at radius 1 is 1.21 bits per heavy atom. The topological polar surface area (TPSA) is 52.6 Å². The first kappa shape index (κ1) is 18.2. The molecule has 0 rings (SSSR count). The van der Waals surface area contributed by atoms with E-state index in [9.17, 15) is 9.36 Å².